The fourth-order valence-electron chi connectivity index (χ4n) is 11.4. The number of rotatable bonds is 18. The molecule has 21 heteroatoms. The number of pyridine rings is 2. The topological polar surface area (TPSA) is 220 Å². The van der Waals surface area contributed by atoms with Gasteiger partial charge >= 0.3 is 6.01 Å². The zero-order chi connectivity index (χ0) is 54.3. The number of nitrogens with zero attached hydrogens (tertiary/aromatic N) is 7. The van der Waals surface area contributed by atoms with Crippen molar-refractivity contribution in [1.82, 2.24) is 50.7 Å². The molecule has 4 aliphatic heterocycles. The molecule has 0 radical (unpaired) electrons. The molecule has 3 amide bonds. The first-order valence-electron chi connectivity index (χ1n) is 26.6. The Balaban J connectivity index is 0.724. The van der Waals surface area contributed by atoms with E-state index in [0.717, 1.165) is 41.1 Å². The molecule has 0 spiro atoms. The summed E-state index contributed by atoms with van der Waals surface area (Å²) in [5, 5.41) is 21.0. The SMILES string of the molecule is Cc1ncsc1-c1ccc([C@H](C)NC(=O)[C@@H]2C[C@@H](O)CN2C(=O)[C@@H](NC(=O)CCOCCCN2C[C@@H](C)[C@H]2COc2nc(N3CC4CCC(C3)N4)c3cnc(-c4[nH]c(=O)cc5cccc(F)c45)c(F)c3n2)C(C)(C)C)cc1. The van der Waals surface area contributed by atoms with Gasteiger partial charge in [0.15, 0.2) is 5.82 Å². The number of aromatic amines is 1. The average molecular weight is 1080 g/mol. The number of halogens is 2. The minimum atomic E-state index is -0.964. The molecule has 8 heterocycles. The number of aliphatic hydroxyl groups is 1. The maximum Gasteiger partial charge on any atom is 0.319 e. The van der Waals surface area contributed by atoms with Gasteiger partial charge in [0.2, 0.25) is 23.3 Å². The molecule has 18 nitrogen and oxygen atoms in total. The van der Waals surface area contributed by atoms with Gasteiger partial charge in [-0.1, -0.05) is 64.1 Å². The van der Waals surface area contributed by atoms with Gasteiger partial charge < -0.3 is 45.3 Å². The number of hydrogen-bond donors (Lipinski definition) is 5. The lowest BCUT2D eigenvalue weighted by Gasteiger charge is -2.46. The summed E-state index contributed by atoms with van der Waals surface area (Å²) in [5.41, 5.74) is 3.09. The predicted octanol–water partition coefficient (Wildman–Crippen LogP) is 6.05. The molecule has 0 saturated carbocycles. The fourth-order valence-corrected chi connectivity index (χ4v) is 12.2. The van der Waals surface area contributed by atoms with Crippen LogP contribution in [0.3, 0.4) is 0 Å². The third-order valence-electron chi connectivity index (χ3n) is 15.5. The summed E-state index contributed by atoms with van der Waals surface area (Å²) in [4.78, 5) is 81.8. The number of carbonyl (C=O) groups excluding carboxylic acids is 3. The van der Waals surface area contributed by atoms with Gasteiger partial charge in [-0.15, -0.1) is 11.3 Å². The predicted molar refractivity (Wildman–Crippen MR) is 289 cm³/mol. The molecule has 4 fully saturated rings. The van der Waals surface area contributed by atoms with Crippen molar-refractivity contribution >= 4 is 56.6 Å². The van der Waals surface area contributed by atoms with Crippen molar-refractivity contribution in [2.45, 2.75) is 116 Å². The van der Waals surface area contributed by atoms with Gasteiger partial charge in [0, 0.05) is 87.9 Å². The Morgan fingerprint density at radius 2 is 1.75 bits per heavy atom. The molecule has 4 saturated heterocycles. The smallest absolute Gasteiger partial charge is 0.319 e. The van der Waals surface area contributed by atoms with Crippen molar-refractivity contribution in [2.75, 3.05) is 57.4 Å². The molecular weight excluding hydrogens is 1010 g/mol. The van der Waals surface area contributed by atoms with E-state index in [1.54, 1.807) is 17.4 Å². The van der Waals surface area contributed by atoms with Crippen molar-refractivity contribution in [3.05, 3.63) is 93.5 Å². The van der Waals surface area contributed by atoms with E-state index in [2.05, 4.69) is 52.6 Å². The number of carbonyl (C=O) groups is 3. The summed E-state index contributed by atoms with van der Waals surface area (Å²) in [5.74, 6) is -1.86. The van der Waals surface area contributed by atoms with E-state index in [4.69, 9.17) is 14.5 Å². The molecule has 408 valence electrons. The molecular formula is C56H67F2N11O7S. The van der Waals surface area contributed by atoms with Crippen LogP contribution in [0, 0.1) is 29.9 Å². The van der Waals surface area contributed by atoms with Crippen molar-refractivity contribution in [3.63, 3.8) is 0 Å². The Bertz CT molecular complexity index is 3210. The standard InChI is InChI=1S/C56H67F2N11O7S/c1-30-24-67(42(30)28-76-55-65-47-39(52(66-55)68-25-36-15-16-37(26-68)62-36)23-59-49(46(47)58)48-45-35(21-44(72)63-48)9-7-10-40(45)57)18-8-19-75-20-17-43(71)64-51(56(4,5)6)54(74)69-27-38(70)22-41(69)53(73)61-31(2)33-11-13-34(14-12-33)50-32(3)60-29-77-50/h7,9-14,21,23,29-31,36-38,41-42,51,62,70H,8,15-20,22,24-28H2,1-6H3,(H,61,73)(H,63,72)(H,64,71)/t30-,31+,36?,37?,38-,41+,42-,51-/m1/s1. The molecule has 6 aromatic rings. The maximum absolute atomic E-state index is 16.9. The Kier molecular flexibility index (Phi) is 15.7. The largest absolute Gasteiger partial charge is 0.462 e. The Hall–Kier alpha value is -6.52. The highest BCUT2D eigenvalue weighted by atomic mass is 32.1. The van der Waals surface area contributed by atoms with Gasteiger partial charge in [0.05, 0.1) is 45.9 Å². The van der Waals surface area contributed by atoms with Crippen LogP contribution in [0.15, 0.2) is 65.0 Å². The molecule has 10 rings (SSSR count). The maximum atomic E-state index is 16.9. The van der Waals surface area contributed by atoms with Gasteiger partial charge in [-0.05, 0) is 67.0 Å². The van der Waals surface area contributed by atoms with Crippen LogP contribution >= 0.6 is 11.3 Å². The summed E-state index contributed by atoms with van der Waals surface area (Å²) >= 11 is 1.57. The number of aryl methyl sites for hydroxylation is 1. The van der Waals surface area contributed by atoms with Gasteiger partial charge in [0.1, 0.15) is 41.5 Å². The lowest BCUT2D eigenvalue weighted by Crippen LogP contribution is -2.58. The van der Waals surface area contributed by atoms with Crippen LogP contribution in [0.5, 0.6) is 6.01 Å². The summed E-state index contributed by atoms with van der Waals surface area (Å²) in [6.07, 6.45) is 3.39. The zero-order valence-electron chi connectivity index (χ0n) is 44.3. The number of likely N-dealkylation sites (tertiary alicyclic amines) is 2. The minimum absolute atomic E-state index is 0.00251. The fraction of sp³-hybridized carbons (Fsp3) is 0.500. The number of nitrogens with one attached hydrogen (secondary N) is 4. The second-order valence-electron chi connectivity index (χ2n) is 22.2. The van der Waals surface area contributed by atoms with Crippen LogP contribution in [-0.2, 0) is 19.1 Å². The Morgan fingerprint density at radius 1 is 0.987 bits per heavy atom. The normalized spacial score (nSPS) is 22.3. The third-order valence-corrected chi connectivity index (χ3v) is 16.5. The number of ether oxygens (including phenoxy) is 2. The highest BCUT2D eigenvalue weighted by Gasteiger charge is 2.45. The van der Waals surface area contributed by atoms with E-state index in [0.29, 0.717) is 49.3 Å². The molecule has 4 aliphatic rings. The monoisotopic (exact) mass is 1080 g/mol. The number of H-pyrrole nitrogens is 1. The quantitative estimate of drug-likeness (QED) is 0.0620. The van der Waals surface area contributed by atoms with E-state index in [9.17, 15) is 24.3 Å². The lowest BCUT2D eigenvalue weighted by atomic mass is 9.85. The number of benzene rings is 2. The lowest BCUT2D eigenvalue weighted by molar-refractivity contribution is -0.144. The van der Waals surface area contributed by atoms with Gasteiger partial charge in [-0.25, -0.2) is 13.8 Å². The number of piperazine rings is 1. The van der Waals surface area contributed by atoms with Crippen LogP contribution in [0.4, 0.5) is 14.6 Å². The van der Waals surface area contributed by atoms with E-state index in [1.807, 2.05) is 64.4 Å². The van der Waals surface area contributed by atoms with E-state index in [-0.39, 0.29) is 103 Å². The first-order valence-corrected chi connectivity index (χ1v) is 27.5. The number of hydrogen-bond acceptors (Lipinski definition) is 15. The first kappa shape index (κ1) is 53.9. The molecule has 2 unspecified atom stereocenters. The van der Waals surface area contributed by atoms with E-state index in [1.165, 1.54) is 29.3 Å². The number of aromatic nitrogens is 5. The van der Waals surface area contributed by atoms with Crippen LogP contribution in [0.1, 0.15) is 84.0 Å². The summed E-state index contributed by atoms with van der Waals surface area (Å²) in [6, 6.07) is 11.8. The van der Waals surface area contributed by atoms with Crippen LogP contribution in [0.2, 0.25) is 0 Å². The molecule has 0 aliphatic carbocycles. The molecule has 8 atom stereocenters. The van der Waals surface area contributed by atoms with E-state index >= 15 is 8.78 Å². The van der Waals surface area contributed by atoms with Crippen LogP contribution < -0.4 is 31.1 Å². The van der Waals surface area contributed by atoms with E-state index < -0.39 is 46.7 Å². The summed E-state index contributed by atoms with van der Waals surface area (Å²) < 4.78 is 44.4. The minimum Gasteiger partial charge on any atom is -0.462 e. The number of anilines is 1. The van der Waals surface area contributed by atoms with Gasteiger partial charge in [-0.3, -0.25) is 29.1 Å². The number of amides is 3. The van der Waals surface area contributed by atoms with Crippen LogP contribution in [-0.4, -0.2) is 146 Å². The second kappa shape index (κ2) is 22.4. The first-order chi connectivity index (χ1) is 36.9. The van der Waals surface area contributed by atoms with Crippen LogP contribution in [0.25, 0.3) is 43.5 Å². The molecule has 5 N–H and O–H groups in total. The second-order valence-corrected chi connectivity index (χ2v) is 23.1. The van der Waals surface area contributed by atoms with Gasteiger partial charge in [0.25, 0.3) is 0 Å². The molecule has 4 aromatic heterocycles. The highest BCUT2D eigenvalue weighted by Crippen LogP contribution is 2.37. The van der Waals surface area contributed by atoms with Crippen molar-refractivity contribution < 1.29 is 37.7 Å². The van der Waals surface area contributed by atoms with Crippen molar-refractivity contribution in [2.24, 2.45) is 11.3 Å². The summed E-state index contributed by atoms with van der Waals surface area (Å²) in [6.45, 7) is 15.1. The van der Waals surface area contributed by atoms with Crippen molar-refractivity contribution in [1.29, 1.82) is 0 Å². The zero-order valence-corrected chi connectivity index (χ0v) is 45.1. The third kappa shape index (κ3) is 11.6. The number of thiazole rings is 1. The molecule has 2 aromatic carbocycles. The Labute approximate surface area is 449 Å². The molecule has 77 heavy (non-hydrogen) atoms. The average Bonchev–Trinajstić information content (AvgIpc) is 4.13. The number of aliphatic hydroxyl groups excluding tert-OH is 1. The van der Waals surface area contributed by atoms with Gasteiger partial charge in [-0.2, -0.15) is 9.97 Å². The Morgan fingerprint density at radius 3 is 2.47 bits per heavy atom. The molecule has 2 bridgehead atoms. The highest BCUT2D eigenvalue weighted by molar-refractivity contribution is 7.13. The number of fused-ring (bicyclic) bond motifs is 4. The number of β-amino-alcohol motifs (C(OH)–C–C–N with tert-alkyl or cyclic N) is 1. The summed E-state index contributed by atoms with van der Waals surface area (Å²) in [7, 11) is 0. The van der Waals surface area contributed by atoms with Crippen molar-refractivity contribution in [3.8, 4) is 27.8 Å².